The van der Waals surface area contributed by atoms with Crippen LogP contribution >= 0.6 is 12.4 Å². The smallest absolute Gasteiger partial charge is 0.352 e. The van der Waals surface area contributed by atoms with E-state index in [-0.39, 0.29) is 18.1 Å². The molecule has 0 aliphatic heterocycles. The number of nitrogens with zero attached hydrogens (tertiary/aromatic N) is 1. The van der Waals surface area contributed by atoms with Gasteiger partial charge in [-0.25, -0.2) is 4.79 Å². The molecule has 0 spiro atoms. The molecule has 15 heavy (non-hydrogen) atoms. The van der Waals surface area contributed by atoms with Crippen LogP contribution in [0.2, 0.25) is 0 Å². The van der Waals surface area contributed by atoms with Crippen molar-refractivity contribution in [2.45, 2.75) is 0 Å². The number of halogens is 1. The maximum absolute atomic E-state index is 10.6. The Hall–Kier alpha value is -1.81. The molecule has 0 aromatic carbocycles. The van der Waals surface area contributed by atoms with Crippen molar-refractivity contribution in [1.82, 2.24) is 9.97 Å². The van der Waals surface area contributed by atoms with Gasteiger partial charge in [0.25, 0.3) is 0 Å². The van der Waals surface area contributed by atoms with Gasteiger partial charge in [-0.15, -0.1) is 12.4 Å². The first-order chi connectivity index (χ1) is 6.77. The molecule has 0 fully saturated rings. The van der Waals surface area contributed by atoms with Crippen molar-refractivity contribution < 1.29 is 9.90 Å². The summed E-state index contributed by atoms with van der Waals surface area (Å²) in [4.78, 5) is 17.3. The molecule has 5 heteroatoms. The Balaban J connectivity index is 0.00000112. The van der Waals surface area contributed by atoms with Gasteiger partial charge < -0.3 is 10.1 Å². The Kier molecular flexibility index (Phi) is 3.46. The molecule has 0 atom stereocenters. The number of carboxylic acid groups (broad SMARTS) is 1. The fourth-order valence-corrected chi connectivity index (χ4v) is 1.22. The SMILES string of the molecule is Cl.O=C(O)c1ccc(-c2ccncc2)[nH]1. The van der Waals surface area contributed by atoms with Gasteiger partial charge in [0.1, 0.15) is 5.69 Å². The third-order valence-electron chi connectivity index (χ3n) is 1.91. The van der Waals surface area contributed by atoms with Crippen LogP contribution in [0.5, 0.6) is 0 Å². The average molecular weight is 225 g/mol. The summed E-state index contributed by atoms with van der Waals surface area (Å²) in [6.45, 7) is 0. The van der Waals surface area contributed by atoms with Crippen molar-refractivity contribution in [2.75, 3.05) is 0 Å². The number of hydrogen-bond acceptors (Lipinski definition) is 2. The molecular weight excluding hydrogens is 216 g/mol. The summed E-state index contributed by atoms with van der Waals surface area (Å²) in [6.07, 6.45) is 3.33. The van der Waals surface area contributed by atoms with Gasteiger partial charge in [0, 0.05) is 23.7 Å². The van der Waals surface area contributed by atoms with E-state index >= 15 is 0 Å². The summed E-state index contributed by atoms with van der Waals surface area (Å²) < 4.78 is 0. The number of H-pyrrole nitrogens is 1. The molecule has 4 nitrogen and oxygen atoms in total. The first-order valence-electron chi connectivity index (χ1n) is 4.10. The zero-order valence-electron chi connectivity index (χ0n) is 7.68. The second kappa shape index (κ2) is 4.61. The molecule has 0 aliphatic carbocycles. The fraction of sp³-hybridized carbons (Fsp3) is 0. The molecule has 0 unspecified atom stereocenters. The number of nitrogens with one attached hydrogen (secondary N) is 1. The average Bonchev–Trinajstić information content (AvgIpc) is 2.68. The molecule has 0 amide bonds. The minimum absolute atomic E-state index is 0. The summed E-state index contributed by atoms with van der Waals surface area (Å²) in [6, 6.07) is 6.91. The van der Waals surface area contributed by atoms with Gasteiger partial charge in [-0.3, -0.25) is 4.98 Å². The van der Waals surface area contributed by atoms with E-state index in [2.05, 4.69) is 9.97 Å². The topological polar surface area (TPSA) is 66.0 Å². The number of pyridine rings is 1. The summed E-state index contributed by atoms with van der Waals surface area (Å²) in [5.74, 6) is -0.953. The zero-order valence-corrected chi connectivity index (χ0v) is 8.49. The molecule has 0 radical (unpaired) electrons. The maximum Gasteiger partial charge on any atom is 0.352 e. The van der Waals surface area contributed by atoms with Crippen molar-refractivity contribution in [3.05, 3.63) is 42.4 Å². The summed E-state index contributed by atoms with van der Waals surface area (Å²) >= 11 is 0. The van der Waals surface area contributed by atoms with Crippen LogP contribution in [-0.4, -0.2) is 21.0 Å². The number of aromatic carboxylic acids is 1. The van der Waals surface area contributed by atoms with Crippen LogP contribution < -0.4 is 0 Å². The van der Waals surface area contributed by atoms with Crippen molar-refractivity contribution in [3.8, 4) is 11.3 Å². The Morgan fingerprint density at radius 2 is 1.87 bits per heavy atom. The van der Waals surface area contributed by atoms with Crippen LogP contribution in [0, 0.1) is 0 Å². The third kappa shape index (κ3) is 2.35. The lowest BCUT2D eigenvalue weighted by Crippen LogP contribution is -1.95. The predicted octanol–water partition coefficient (Wildman–Crippen LogP) is 2.20. The molecule has 2 heterocycles. The minimum Gasteiger partial charge on any atom is -0.477 e. The molecule has 2 aromatic heterocycles. The van der Waals surface area contributed by atoms with Crippen molar-refractivity contribution >= 4 is 18.4 Å². The van der Waals surface area contributed by atoms with E-state index in [4.69, 9.17) is 5.11 Å². The molecular formula is C10H9ClN2O2. The van der Waals surface area contributed by atoms with Crippen LogP contribution in [0.4, 0.5) is 0 Å². The highest BCUT2D eigenvalue weighted by molar-refractivity contribution is 5.86. The predicted molar refractivity (Wildman–Crippen MR) is 58.2 cm³/mol. The second-order valence-electron chi connectivity index (χ2n) is 2.83. The lowest BCUT2D eigenvalue weighted by Gasteiger charge is -1.95. The number of aromatic amines is 1. The third-order valence-corrected chi connectivity index (χ3v) is 1.91. The molecule has 2 rings (SSSR count). The van der Waals surface area contributed by atoms with E-state index in [0.29, 0.717) is 0 Å². The molecule has 78 valence electrons. The minimum atomic E-state index is -0.953. The maximum atomic E-state index is 10.6. The highest BCUT2D eigenvalue weighted by Crippen LogP contribution is 2.16. The number of aromatic nitrogens is 2. The van der Waals surface area contributed by atoms with E-state index in [1.807, 2.05) is 12.1 Å². The lowest BCUT2D eigenvalue weighted by atomic mass is 10.2. The Morgan fingerprint density at radius 3 is 2.40 bits per heavy atom. The van der Waals surface area contributed by atoms with Crippen LogP contribution in [0.15, 0.2) is 36.7 Å². The van der Waals surface area contributed by atoms with Crippen LogP contribution in [0.1, 0.15) is 10.5 Å². The number of hydrogen-bond donors (Lipinski definition) is 2. The number of rotatable bonds is 2. The van der Waals surface area contributed by atoms with Gasteiger partial charge in [-0.1, -0.05) is 0 Å². The first-order valence-corrected chi connectivity index (χ1v) is 4.10. The molecule has 0 saturated heterocycles. The summed E-state index contributed by atoms with van der Waals surface area (Å²) in [5, 5.41) is 8.70. The Morgan fingerprint density at radius 1 is 1.20 bits per heavy atom. The second-order valence-corrected chi connectivity index (χ2v) is 2.83. The van der Waals surface area contributed by atoms with Crippen molar-refractivity contribution in [2.24, 2.45) is 0 Å². The van der Waals surface area contributed by atoms with Gasteiger partial charge in [0.05, 0.1) is 0 Å². The highest BCUT2D eigenvalue weighted by Gasteiger charge is 2.06. The van der Waals surface area contributed by atoms with Gasteiger partial charge in [0.2, 0.25) is 0 Å². The highest BCUT2D eigenvalue weighted by atomic mass is 35.5. The zero-order chi connectivity index (χ0) is 9.97. The summed E-state index contributed by atoms with van der Waals surface area (Å²) in [7, 11) is 0. The number of carbonyl (C=O) groups is 1. The van der Waals surface area contributed by atoms with Gasteiger partial charge in [-0.05, 0) is 24.3 Å². The molecule has 2 aromatic rings. The molecule has 0 aliphatic rings. The van der Waals surface area contributed by atoms with Crippen molar-refractivity contribution in [3.63, 3.8) is 0 Å². The summed E-state index contributed by atoms with van der Waals surface area (Å²) in [5.41, 5.74) is 1.90. The van der Waals surface area contributed by atoms with Gasteiger partial charge >= 0.3 is 5.97 Å². The van der Waals surface area contributed by atoms with Gasteiger partial charge in [-0.2, -0.15) is 0 Å². The van der Waals surface area contributed by atoms with Gasteiger partial charge in [0.15, 0.2) is 0 Å². The van der Waals surface area contributed by atoms with Crippen LogP contribution in [-0.2, 0) is 0 Å². The van der Waals surface area contributed by atoms with Crippen LogP contribution in [0.25, 0.3) is 11.3 Å². The molecule has 0 bridgehead atoms. The fourth-order valence-electron chi connectivity index (χ4n) is 1.22. The lowest BCUT2D eigenvalue weighted by molar-refractivity contribution is 0.0691. The van der Waals surface area contributed by atoms with E-state index in [1.165, 1.54) is 6.07 Å². The van der Waals surface area contributed by atoms with E-state index in [1.54, 1.807) is 18.5 Å². The van der Waals surface area contributed by atoms with E-state index < -0.39 is 5.97 Å². The molecule has 2 N–H and O–H groups in total. The van der Waals surface area contributed by atoms with Crippen molar-refractivity contribution in [1.29, 1.82) is 0 Å². The first kappa shape index (κ1) is 11.3. The standard InChI is InChI=1S/C10H8N2O2.ClH/c13-10(14)9-2-1-8(12-9)7-3-5-11-6-4-7;/h1-6,12H,(H,13,14);1H. The van der Waals surface area contributed by atoms with Crippen LogP contribution in [0.3, 0.4) is 0 Å². The van der Waals surface area contributed by atoms with E-state index in [9.17, 15) is 4.79 Å². The largest absolute Gasteiger partial charge is 0.477 e. The monoisotopic (exact) mass is 224 g/mol. The normalized spacial score (nSPS) is 9.33. The number of carboxylic acids is 1. The quantitative estimate of drug-likeness (QED) is 0.822. The van der Waals surface area contributed by atoms with E-state index in [0.717, 1.165) is 11.3 Å². The molecule has 0 saturated carbocycles. The Bertz CT molecular complexity index is 453. The Labute approximate surface area is 92.4 Å².